The average molecular weight is 174 g/mol. The molecule has 0 radical (unpaired) electrons. The fraction of sp³-hybridized carbons (Fsp3) is 1.00. The number of piperidine rings is 1. The highest BCUT2D eigenvalue weighted by Crippen LogP contribution is 2.10. The highest BCUT2D eigenvalue weighted by atomic mass is 16.0. The van der Waals surface area contributed by atoms with Gasteiger partial charge in [0.05, 0.1) is 0 Å². The monoisotopic (exact) mass is 174 g/mol. The number of nitrogens with zero attached hydrogens (tertiary/aromatic N) is 2. The van der Waals surface area contributed by atoms with Crippen LogP contribution in [0.5, 0.6) is 0 Å². The van der Waals surface area contributed by atoms with Gasteiger partial charge in [0, 0.05) is 26.7 Å². The van der Waals surface area contributed by atoms with Crippen molar-refractivity contribution < 1.29 is 5.48 Å². The molecule has 0 aromatic heterocycles. The van der Waals surface area contributed by atoms with Crippen LogP contribution >= 0.6 is 0 Å². The second-order valence-electron chi connectivity index (χ2n) is 3.40. The fourth-order valence-electron chi connectivity index (χ4n) is 1.68. The third-order valence-electron chi connectivity index (χ3n) is 2.36. The zero-order chi connectivity index (χ0) is 8.10. The van der Waals surface area contributed by atoms with Crippen LogP contribution in [0.4, 0.5) is 0 Å². The first-order valence-electron chi connectivity index (χ1n) is 4.80. The summed E-state index contributed by atoms with van der Waals surface area (Å²) < 4.78 is 0. The molecule has 2 N–H and O–H groups in total. The number of hydrogen-bond donors (Lipinski definition) is 0. The van der Waals surface area contributed by atoms with Crippen molar-refractivity contribution in [3.05, 3.63) is 0 Å². The Balaban J connectivity index is 0.00000121. The Morgan fingerprint density at radius 1 is 1.17 bits per heavy atom. The summed E-state index contributed by atoms with van der Waals surface area (Å²) in [5.74, 6) is 0. The van der Waals surface area contributed by atoms with E-state index in [0.29, 0.717) is 0 Å². The van der Waals surface area contributed by atoms with Crippen LogP contribution in [0.2, 0.25) is 0 Å². The maximum absolute atomic E-state index is 2.48. The predicted molar refractivity (Wildman–Crippen MR) is 52.0 cm³/mol. The van der Waals surface area contributed by atoms with E-state index >= 15 is 0 Å². The average Bonchev–Trinajstić information content (AvgIpc) is 2.07. The molecule has 3 heteroatoms. The third kappa shape index (κ3) is 3.52. The molecule has 3 nitrogen and oxygen atoms in total. The lowest BCUT2D eigenvalue weighted by Crippen LogP contribution is -2.43. The molecule has 1 fully saturated rings. The molecule has 1 heterocycles. The Labute approximate surface area is 75.6 Å². The summed E-state index contributed by atoms with van der Waals surface area (Å²) in [6.07, 6.45) is 5.45. The van der Waals surface area contributed by atoms with Crippen molar-refractivity contribution in [3.8, 4) is 0 Å². The van der Waals surface area contributed by atoms with Crippen molar-refractivity contribution in [1.82, 2.24) is 10.0 Å². The standard InChI is InChI=1S/C9H20N2.H2O/c1-3-7-10(2)11-8-5-4-6-9-11;/h3-9H2,1-2H3;1H2. The van der Waals surface area contributed by atoms with Crippen molar-refractivity contribution >= 4 is 0 Å². The van der Waals surface area contributed by atoms with E-state index in [9.17, 15) is 0 Å². The molecule has 0 aliphatic carbocycles. The zero-order valence-electron chi connectivity index (χ0n) is 8.34. The molecular formula is C9H22N2O. The smallest absolute Gasteiger partial charge is 0.0133 e. The van der Waals surface area contributed by atoms with Gasteiger partial charge in [0.25, 0.3) is 0 Å². The normalized spacial score (nSPS) is 19.2. The Morgan fingerprint density at radius 2 is 1.75 bits per heavy atom. The van der Waals surface area contributed by atoms with E-state index in [2.05, 4.69) is 24.0 Å². The molecule has 0 unspecified atom stereocenters. The van der Waals surface area contributed by atoms with Gasteiger partial charge in [-0.05, 0) is 19.3 Å². The molecule has 0 aromatic rings. The minimum Gasteiger partial charge on any atom is -0.412 e. The Bertz CT molecular complexity index is 103. The summed E-state index contributed by atoms with van der Waals surface area (Å²) in [5.41, 5.74) is 0. The molecule has 74 valence electrons. The Morgan fingerprint density at radius 3 is 2.25 bits per heavy atom. The Hall–Kier alpha value is -0.120. The lowest BCUT2D eigenvalue weighted by atomic mass is 10.2. The van der Waals surface area contributed by atoms with Crippen LogP contribution in [-0.4, -0.2) is 42.2 Å². The third-order valence-corrected chi connectivity index (χ3v) is 2.36. The van der Waals surface area contributed by atoms with Gasteiger partial charge in [0.1, 0.15) is 0 Å². The van der Waals surface area contributed by atoms with Crippen LogP contribution < -0.4 is 0 Å². The molecule has 1 aliphatic rings. The summed E-state index contributed by atoms with van der Waals surface area (Å²) in [7, 11) is 2.20. The minimum atomic E-state index is 0. The SMILES string of the molecule is CCCN(C)N1CCCCC1.O. The summed E-state index contributed by atoms with van der Waals surface area (Å²) in [6, 6.07) is 0. The lowest BCUT2D eigenvalue weighted by molar-refractivity contribution is -0.0160. The van der Waals surface area contributed by atoms with Crippen molar-refractivity contribution in [2.75, 3.05) is 26.7 Å². The molecule has 0 amide bonds. The minimum absolute atomic E-state index is 0. The van der Waals surface area contributed by atoms with Gasteiger partial charge in [-0.3, -0.25) is 0 Å². The molecular weight excluding hydrogens is 152 g/mol. The van der Waals surface area contributed by atoms with Crippen LogP contribution in [0.25, 0.3) is 0 Å². The summed E-state index contributed by atoms with van der Waals surface area (Å²) in [4.78, 5) is 0. The van der Waals surface area contributed by atoms with Gasteiger partial charge in [-0.25, -0.2) is 10.0 Å². The van der Waals surface area contributed by atoms with E-state index in [-0.39, 0.29) is 5.48 Å². The van der Waals surface area contributed by atoms with E-state index < -0.39 is 0 Å². The molecule has 0 aromatic carbocycles. The maximum Gasteiger partial charge on any atom is 0.0133 e. The zero-order valence-corrected chi connectivity index (χ0v) is 8.34. The van der Waals surface area contributed by atoms with Crippen molar-refractivity contribution in [3.63, 3.8) is 0 Å². The highest BCUT2D eigenvalue weighted by Gasteiger charge is 2.12. The first kappa shape index (κ1) is 11.9. The predicted octanol–water partition coefficient (Wildman–Crippen LogP) is 0.904. The second kappa shape index (κ2) is 6.40. The van der Waals surface area contributed by atoms with Crippen LogP contribution in [0.3, 0.4) is 0 Å². The number of hydrazine groups is 1. The van der Waals surface area contributed by atoms with Gasteiger partial charge < -0.3 is 5.48 Å². The summed E-state index contributed by atoms with van der Waals surface area (Å²) in [6.45, 7) is 5.99. The molecule has 0 bridgehead atoms. The van der Waals surface area contributed by atoms with Gasteiger partial charge >= 0.3 is 0 Å². The van der Waals surface area contributed by atoms with Gasteiger partial charge in [0.15, 0.2) is 0 Å². The topological polar surface area (TPSA) is 38.0 Å². The molecule has 0 saturated carbocycles. The largest absolute Gasteiger partial charge is 0.412 e. The highest BCUT2D eigenvalue weighted by molar-refractivity contribution is 4.61. The van der Waals surface area contributed by atoms with E-state index in [1.165, 1.54) is 45.3 Å². The molecule has 0 spiro atoms. The molecule has 1 aliphatic heterocycles. The summed E-state index contributed by atoms with van der Waals surface area (Å²) in [5, 5.41) is 4.85. The van der Waals surface area contributed by atoms with Gasteiger partial charge in [-0.1, -0.05) is 13.3 Å². The van der Waals surface area contributed by atoms with Crippen molar-refractivity contribution in [2.24, 2.45) is 0 Å². The molecule has 12 heavy (non-hydrogen) atoms. The first-order valence-corrected chi connectivity index (χ1v) is 4.80. The van der Waals surface area contributed by atoms with Crippen molar-refractivity contribution in [2.45, 2.75) is 32.6 Å². The number of hydrogen-bond acceptors (Lipinski definition) is 2. The van der Waals surface area contributed by atoms with Gasteiger partial charge in [0.2, 0.25) is 0 Å². The van der Waals surface area contributed by atoms with Gasteiger partial charge in [-0.2, -0.15) is 0 Å². The molecule has 0 atom stereocenters. The maximum atomic E-state index is 2.48. The molecule has 1 rings (SSSR count). The van der Waals surface area contributed by atoms with Crippen molar-refractivity contribution in [1.29, 1.82) is 0 Å². The van der Waals surface area contributed by atoms with Crippen LogP contribution in [0.15, 0.2) is 0 Å². The lowest BCUT2D eigenvalue weighted by Gasteiger charge is -2.34. The summed E-state index contributed by atoms with van der Waals surface area (Å²) >= 11 is 0. The molecule has 1 saturated heterocycles. The van der Waals surface area contributed by atoms with Gasteiger partial charge in [-0.15, -0.1) is 0 Å². The fourth-order valence-corrected chi connectivity index (χ4v) is 1.68. The van der Waals surface area contributed by atoms with Crippen LogP contribution in [0.1, 0.15) is 32.6 Å². The van der Waals surface area contributed by atoms with E-state index in [4.69, 9.17) is 0 Å². The van der Waals surface area contributed by atoms with Crippen LogP contribution in [-0.2, 0) is 0 Å². The first-order chi connectivity index (χ1) is 5.34. The van der Waals surface area contributed by atoms with E-state index in [1.54, 1.807) is 0 Å². The van der Waals surface area contributed by atoms with E-state index in [0.717, 1.165) is 0 Å². The quantitative estimate of drug-likeness (QED) is 0.637. The second-order valence-corrected chi connectivity index (χ2v) is 3.40. The van der Waals surface area contributed by atoms with E-state index in [1.807, 2.05) is 0 Å². The van der Waals surface area contributed by atoms with Crippen LogP contribution in [0, 0.1) is 0 Å². The Kier molecular flexibility index (Phi) is 6.34. The number of rotatable bonds is 3.